The highest BCUT2D eigenvalue weighted by atomic mass is 16.5. The quantitative estimate of drug-likeness (QED) is 0.565. The molecule has 30 heavy (non-hydrogen) atoms. The van der Waals surface area contributed by atoms with Crippen LogP contribution in [0.15, 0.2) is 48.9 Å². The van der Waals surface area contributed by atoms with Gasteiger partial charge in [0.25, 0.3) is 5.91 Å². The van der Waals surface area contributed by atoms with Gasteiger partial charge in [-0.1, -0.05) is 6.07 Å². The SMILES string of the molecule is COc1ccc2c(c1)COC[C@H]2N(C)C(=O)c1ccc2nc(N)c3cncn3c2c1. The first-order chi connectivity index (χ1) is 14.6. The highest BCUT2D eigenvalue weighted by Crippen LogP contribution is 2.32. The van der Waals surface area contributed by atoms with E-state index in [4.69, 9.17) is 15.2 Å². The standard InChI is InChI=1S/C22H21N5O3/c1-26(20-11-30-10-14-7-15(29-2)4-5-16(14)20)22(28)13-3-6-17-18(8-13)27-12-24-9-19(27)21(23)25-17/h3-9,12,20H,10-11H2,1-2H3,(H2,23,25)/t20-/m1/s1. The van der Waals surface area contributed by atoms with E-state index in [0.717, 1.165) is 22.4 Å². The number of fused-ring (bicyclic) bond motifs is 4. The third-order valence-corrected chi connectivity index (χ3v) is 5.65. The van der Waals surface area contributed by atoms with Crippen molar-refractivity contribution in [3.05, 3.63) is 65.6 Å². The maximum absolute atomic E-state index is 13.3. The van der Waals surface area contributed by atoms with Crippen molar-refractivity contribution in [2.24, 2.45) is 0 Å². The lowest BCUT2D eigenvalue weighted by Gasteiger charge is -2.33. The monoisotopic (exact) mass is 403 g/mol. The fourth-order valence-electron chi connectivity index (χ4n) is 4.00. The lowest BCUT2D eigenvalue weighted by Crippen LogP contribution is -2.36. The van der Waals surface area contributed by atoms with E-state index in [0.29, 0.717) is 35.6 Å². The van der Waals surface area contributed by atoms with Crippen molar-refractivity contribution in [3.63, 3.8) is 0 Å². The molecule has 0 saturated carbocycles. The highest BCUT2D eigenvalue weighted by Gasteiger charge is 2.28. The third-order valence-electron chi connectivity index (χ3n) is 5.65. The molecule has 2 aromatic carbocycles. The normalized spacial score (nSPS) is 15.9. The Kier molecular flexibility index (Phi) is 4.29. The van der Waals surface area contributed by atoms with Crippen LogP contribution in [0.5, 0.6) is 5.75 Å². The molecule has 1 amide bonds. The highest BCUT2D eigenvalue weighted by molar-refractivity contribution is 5.98. The maximum Gasteiger partial charge on any atom is 0.254 e. The first kappa shape index (κ1) is 18.4. The van der Waals surface area contributed by atoms with Gasteiger partial charge in [0.05, 0.1) is 49.9 Å². The minimum Gasteiger partial charge on any atom is -0.497 e. The fourth-order valence-corrected chi connectivity index (χ4v) is 4.00. The van der Waals surface area contributed by atoms with Crippen molar-refractivity contribution in [2.45, 2.75) is 12.6 Å². The van der Waals surface area contributed by atoms with Gasteiger partial charge in [-0.2, -0.15) is 0 Å². The smallest absolute Gasteiger partial charge is 0.254 e. The summed E-state index contributed by atoms with van der Waals surface area (Å²) in [7, 11) is 3.44. The number of anilines is 1. The molecule has 0 saturated heterocycles. The number of rotatable bonds is 3. The molecule has 0 fully saturated rings. The van der Waals surface area contributed by atoms with Crippen molar-refractivity contribution in [3.8, 4) is 5.75 Å². The molecule has 2 N–H and O–H groups in total. The van der Waals surface area contributed by atoms with Crippen molar-refractivity contribution < 1.29 is 14.3 Å². The molecule has 1 aliphatic rings. The summed E-state index contributed by atoms with van der Waals surface area (Å²) in [5.41, 5.74) is 10.9. The van der Waals surface area contributed by atoms with Gasteiger partial charge in [-0.3, -0.25) is 9.20 Å². The lowest BCUT2D eigenvalue weighted by molar-refractivity contribution is 0.0345. The molecule has 0 radical (unpaired) electrons. The number of nitrogen functional groups attached to an aromatic ring is 1. The van der Waals surface area contributed by atoms with E-state index >= 15 is 0 Å². The van der Waals surface area contributed by atoms with Crippen molar-refractivity contribution in [1.29, 1.82) is 0 Å². The summed E-state index contributed by atoms with van der Waals surface area (Å²) >= 11 is 0. The molecule has 2 aromatic heterocycles. The summed E-state index contributed by atoms with van der Waals surface area (Å²) in [6.07, 6.45) is 3.33. The predicted molar refractivity (Wildman–Crippen MR) is 112 cm³/mol. The molecule has 1 atom stereocenters. The van der Waals surface area contributed by atoms with Crippen molar-refractivity contribution in [1.82, 2.24) is 19.3 Å². The Labute approximate surface area is 172 Å². The van der Waals surface area contributed by atoms with Gasteiger partial charge in [0.2, 0.25) is 0 Å². The molecule has 0 spiro atoms. The fraction of sp³-hybridized carbons (Fsp3) is 0.227. The molecule has 0 aliphatic carbocycles. The number of methoxy groups -OCH3 is 1. The number of nitrogens with zero attached hydrogens (tertiary/aromatic N) is 4. The van der Waals surface area contributed by atoms with Gasteiger partial charge >= 0.3 is 0 Å². The van der Waals surface area contributed by atoms with Gasteiger partial charge < -0.3 is 20.1 Å². The number of nitrogens with two attached hydrogens (primary N) is 1. The summed E-state index contributed by atoms with van der Waals surface area (Å²) in [6, 6.07) is 11.1. The number of carbonyl (C=O) groups excluding carboxylic acids is 1. The lowest BCUT2D eigenvalue weighted by atomic mass is 9.97. The van der Waals surface area contributed by atoms with Crippen LogP contribution in [0, 0.1) is 0 Å². The zero-order valence-electron chi connectivity index (χ0n) is 16.7. The second-order valence-electron chi connectivity index (χ2n) is 7.36. The van der Waals surface area contributed by atoms with Crippen molar-refractivity contribution >= 4 is 28.3 Å². The average Bonchev–Trinajstić information content (AvgIpc) is 3.28. The molecule has 0 unspecified atom stereocenters. The van der Waals surface area contributed by atoms with Gasteiger partial charge in [-0.25, -0.2) is 9.97 Å². The van der Waals surface area contributed by atoms with Gasteiger partial charge in [-0.05, 0) is 41.5 Å². The average molecular weight is 403 g/mol. The van der Waals surface area contributed by atoms with E-state index < -0.39 is 0 Å². The van der Waals surface area contributed by atoms with E-state index in [1.54, 1.807) is 37.6 Å². The number of benzene rings is 2. The van der Waals surface area contributed by atoms with Gasteiger partial charge in [-0.15, -0.1) is 0 Å². The minimum absolute atomic E-state index is 0.0979. The predicted octanol–water partition coefficient (Wildman–Crippen LogP) is 2.82. The van der Waals surface area contributed by atoms with Crippen LogP contribution in [-0.2, 0) is 11.3 Å². The van der Waals surface area contributed by atoms with Crippen LogP contribution in [0.25, 0.3) is 16.6 Å². The summed E-state index contributed by atoms with van der Waals surface area (Å²) in [5.74, 6) is 1.08. The molecule has 0 bridgehead atoms. The van der Waals surface area contributed by atoms with Crippen LogP contribution in [0.3, 0.4) is 0 Å². The topological polar surface area (TPSA) is 95.0 Å². The molecule has 152 valence electrons. The van der Waals surface area contributed by atoms with Gasteiger partial charge in [0.15, 0.2) is 0 Å². The Morgan fingerprint density at radius 2 is 2.13 bits per heavy atom. The first-order valence-corrected chi connectivity index (χ1v) is 9.60. The van der Waals surface area contributed by atoms with Crippen molar-refractivity contribution in [2.75, 3.05) is 26.5 Å². The Hall–Kier alpha value is -3.65. The molecule has 3 heterocycles. The van der Waals surface area contributed by atoms with Crippen LogP contribution in [0.4, 0.5) is 5.82 Å². The minimum atomic E-state index is -0.180. The van der Waals surface area contributed by atoms with Crippen LogP contribution in [0.1, 0.15) is 27.5 Å². The molecule has 1 aliphatic heterocycles. The molecule has 8 heteroatoms. The second kappa shape index (κ2) is 7.00. The Balaban J connectivity index is 1.52. The molecule has 8 nitrogen and oxygen atoms in total. The first-order valence-electron chi connectivity index (χ1n) is 9.60. The largest absolute Gasteiger partial charge is 0.497 e. The van der Waals surface area contributed by atoms with E-state index in [1.165, 1.54) is 0 Å². The van der Waals surface area contributed by atoms with Crippen LogP contribution >= 0.6 is 0 Å². The van der Waals surface area contributed by atoms with Crippen LogP contribution in [-0.4, -0.2) is 45.9 Å². The number of ether oxygens (including phenoxy) is 2. The van der Waals surface area contributed by atoms with Gasteiger partial charge in [0.1, 0.15) is 17.1 Å². The van der Waals surface area contributed by atoms with E-state index in [9.17, 15) is 4.79 Å². The van der Waals surface area contributed by atoms with Crippen LogP contribution in [0.2, 0.25) is 0 Å². The zero-order chi connectivity index (χ0) is 20.8. The summed E-state index contributed by atoms with van der Waals surface area (Å²) in [4.78, 5) is 23.6. The molecule has 5 rings (SSSR count). The number of hydrogen-bond donors (Lipinski definition) is 1. The molecular formula is C22H21N5O3. The number of hydrogen-bond acceptors (Lipinski definition) is 6. The number of aromatic nitrogens is 3. The van der Waals surface area contributed by atoms with E-state index in [2.05, 4.69) is 9.97 Å². The summed E-state index contributed by atoms with van der Waals surface area (Å²) in [6.45, 7) is 0.950. The maximum atomic E-state index is 13.3. The number of amides is 1. The molecule has 4 aromatic rings. The third kappa shape index (κ3) is 2.84. The van der Waals surface area contributed by atoms with E-state index in [-0.39, 0.29) is 11.9 Å². The Morgan fingerprint density at radius 3 is 2.97 bits per heavy atom. The number of imidazole rings is 1. The molecular weight excluding hydrogens is 382 g/mol. The zero-order valence-corrected chi connectivity index (χ0v) is 16.7. The van der Waals surface area contributed by atoms with Gasteiger partial charge in [0, 0.05) is 12.6 Å². The second-order valence-corrected chi connectivity index (χ2v) is 7.36. The summed E-state index contributed by atoms with van der Waals surface area (Å²) in [5, 5.41) is 0. The number of carbonyl (C=O) groups is 1. The van der Waals surface area contributed by atoms with E-state index in [1.807, 2.05) is 34.7 Å². The Bertz CT molecular complexity index is 1280. The summed E-state index contributed by atoms with van der Waals surface area (Å²) < 4.78 is 12.9. The number of likely N-dealkylation sites (N-methyl/N-ethyl adjacent to an activating group) is 1. The van der Waals surface area contributed by atoms with Crippen LogP contribution < -0.4 is 10.5 Å². The Morgan fingerprint density at radius 1 is 1.27 bits per heavy atom.